The van der Waals surface area contributed by atoms with Gasteiger partial charge >= 0.3 is 0 Å². The zero-order chi connectivity index (χ0) is 14.1. The fourth-order valence-electron chi connectivity index (χ4n) is 1.79. The minimum absolute atomic E-state index is 0.0516. The zero-order valence-electron chi connectivity index (χ0n) is 10.4. The summed E-state index contributed by atoms with van der Waals surface area (Å²) in [5, 5.41) is 18.5. The van der Waals surface area contributed by atoms with E-state index in [4.69, 9.17) is 4.52 Å². The van der Waals surface area contributed by atoms with Crippen LogP contribution in [0.3, 0.4) is 0 Å². The number of rotatable bonds is 4. The number of hydrogen-bond donors (Lipinski definition) is 1. The molecule has 0 radical (unpaired) electrons. The molecule has 0 bridgehead atoms. The Morgan fingerprint density at radius 2 is 2.30 bits per heavy atom. The van der Waals surface area contributed by atoms with Gasteiger partial charge in [-0.25, -0.2) is 4.98 Å². The van der Waals surface area contributed by atoms with E-state index in [-0.39, 0.29) is 11.7 Å². The fraction of sp³-hybridized carbons (Fsp3) is 0.167. The van der Waals surface area contributed by atoms with E-state index < -0.39 is 4.92 Å². The number of benzene rings is 1. The second-order valence-corrected chi connectivity index (χ2v) is 5.25. The van der Waals surface area contributed by atoms with Crippen molar-refractivity contribution in [3.05, 3.63) is 46.3 Å². The maximum atomic E-state index is 10.7. The van der Waals surface area contributed by atoms with Crippen LogP contribution in [0.2, 0.25) is 0 Å². The Morgan fingerprint density at radius 1 is 1.45 bits per heavy atom. The minimum atomic E-state index is -0.412. The molecule has 8 heteroatoms. The normalized spacial score (nSPS) is 12.4. The van der Waals surface area contributed by atoms with Crippen molar-refractivity contribution < 1.29 is 9.45 Å². The summed E-state index contributed by atoms with van der Waals surface area (Å²) in [6.45, 7) is 1.94. The van der Waals surface area contributed by atoms with Crippen molar-refractivity contribution in [2.75, 3.05) is 5.32 Å². The number of aromatic nitrogens is 2. The summed E-state index contributed by atoms with van der Waals surface area (Å²) < 4.78 is 5.56. The first-order valence-corrected chi connectivity index (χ1v) is 6.67. The first kappa shape index (κ1) is 12.5. The lowest BCUT2D eigenvalue weighted by molar-refractivity contribution is -0.384. The zero-order valence-corrected chi connectivity index (χ0v) is 11.3. The summed E-state index contributed by atoms with van der Waals surface area (Å²) in [6.07, 6.45) is 1.51. The smallest absolute Gasteiger partial charge is 0.270 e. The number of thiazole rings is 1. The van der Waals surface area contributed by atoms with E-state index in [0.717, 1.165) is 15.9 Å². The van der Waals surface area contributed by atoms with Crippen LogP contribution in [0.25, 0.3) is 10.2 Å². The van der Waals surface area contributed by atoms with Gasteiger partial charge in [0.15, 0.2) is 5.13 Å². The summed E-state index contributed by atoms with van der Waals surface area (Å²) >= 11 is 1.37. The maximum Gasteiger partial charge on any atom is 0.270 e. The molecule has 3 aromatic rings. The summed E-state index contributed by atoms with van der Waals surface area (Å²) in [4.78, 5) is 14.7. The number of anilines is 1. The van der Waals surface area contributed by atoms with Gasteiger partial charge in [0.05, 0.1) is 21.2 Å². The van der Waals surface area contributed by atoms with Crippen molar-refractivity contribution in [1.82, 2.24) is 10.1 Å². The molecule has 1 atom stereocenters. The van der Waals surface area contributed by atoms with Gasteiger partial charge in [-0.1, -0.05) is 16.5 Å². The number of nitro benzene ring substituents is 1. The molecule has 0 amide bonds. The van der Waals surface area contributed by atoms with E-state index in [1.807, 2.05) is 6.92 Å². The summed E-state index contributed by atoms with van der Waals surface area (Å²) in [5.74, 6) is 0. The third kappa shape index (κ3) is 2.32. The second-order valence-electron chi connectivity index (χ2n) is 4.22. The van der Waals surface area contributed by atoms with E-state index in [9.17, 15) is 10.1 Å². The van der Waals surface area contributed by atoms with Gasteiger partial charge in [0.2, 0.25) is 0 Å². The highest BCUT2D eigenvalue weighted by atomic mass is 32.1. The van der Waals surface area contributed by atoms with Gasteiger partial charge in [-0.05, 0) is 13.0 Å². The average Bonchev–Trinajstić information content (AvgIpc) is 3.06. The summed E-state index contributed by atoms with van der Waals surface area (Å²) in [7, 11) is 0. The third-order valence-corrected chi connectivity index (χ3v) is 3.77. The Bertz CT molecular complexity index is 753. The van der Waals surface area contributed by atoms with Crippen molar-refractivity contribution >= 4 is 32.4 Å². The minimum Gasteiger partial charge on any atom is -0.364 e. The second kappa shape index (κ2) is 4.89. The molecule has 2 aromatic heterocycles. The lowest BCUT2D eigenvalue weighted by atomic mass is 10.2. The van der Waals surface area contributed by atoms with Gasteiger partial charge in [0.25, 0.3) is 5.69 Å². The van der Waals surface area contributed by atoms with Crippen molar-refractivity contribution in [3.8, 4) is 0 Å². The molecule has 20 heavy (non-hydrogen) atoms. The van der Waals surface area contributed by atoms with E-state index in [1.54, 1.807) is 12.1 Å². The Hall–Kier alpha value is -2.48. The van der Waals surface area contributed by atoms with E-state index in [2.05, 4.69) is 15.5 Å². The Morgan fingerprint density at radius 3 is 3.00 bits per heavy atom. The van der Waals surface area contributed by atoms with Gasteiger partial charge in [-0.3, -0.25) is 10.1 Å². The van der Waals surface area contributed by atoms with Gasteiger partial charge in [0.1, 0.15) is 12.0 Å². The van der Waals surface area contributed by atoms with E-state index in [0.29, 0.717) is 5.13 Å². The number of non-ortho nitro benzene ring substituents is 1. The molecule has 0 aliphatic carbocycles. The Labute approximate surface area is 117 Å². The molecule has 0 aliphatic rings. The maximum absolute atomic E-state index is 10.7. The van der Waals surface area contributed by atoms with Crippen molar-refractivity contribution in [2.45, 2.75) is 13.0 Å². The molecular formula is C12H10N4O3S. The molecule has 3 rings (SSSR count). The van der Waals surface area contributed by atoms with Crippen molar-refractivity contribution in [2.24, 2.45) is 0 Å². The molecular weight excluding hydrogens is 280 g/mol. The van der Waals surface area contributed by atoms with Crippen molar-refractivity contribution in [1.29, 1.82) is 0 Å². The summed E-state index contributed by atoms with van der Waals surface area (Å²) in [6, 6.07) is 6.35. The fourth-order valence-corrected chi connectivity index (χ4v) is 2.78. The number of hydrogen-bond acceptors (Lipinski definition) is 7. The third-order valence-electron chi connectivity index (χ3n) is 2.82. The molecule has 0 fully saturated rings. The SMILES string of the molecule is C[C@@H](Nc1nc2ccc([N+](=O)[O-])cc2s1)c1ccon1. The van der Waals surface area contributed by atoms with Crippen LogP contribution in [0.1, 0.15) is 18.7 Å². The van der Waals surface area contributed by atoms with Crippen LogP contribution in [0, 0.1) is 10.1 Å². The van der Waals surface area contributed by atoms with Crippen LogP contribution in [0.15, 0.2) is 35.1 Å². The molecule has 1 aromatic carbocycles. The number of nitro groups is 1. The van der Waals surface area contributed by atoms with Gasteiger partial charge in [-0.2, -0.15) is 0 Å². The predicted molar refractivity (Wildman–Crippen MR) is 74.8 cm³/mol. The molecule has 1 N–H and O–H groups in total. The van der Waals surface area contributed by atoms with E-state index in [1.165, 1.54) is 29.7 Å². The molecule has 102 valence electrons. The number of nitrogens with one attached hydrogen (secondary N) is 1. The molecule has 0 unspecified atom stereocenters. The lowest BCUT2D eigenvalue weighted by Crippen LogP contribution is -2.06. The highest BCUT2D eigenvalue weighted by Crippen LogP contribution is 2.30. The van der Waals surface area contributed by atoms with Crippen LogP contribution < -0.4 is 5.32 Å². The predicted octanol–water partition coefficient (Wildman–Crippen LogP) is 3.37. The topological polar surface area (TPSA) is 94.1 Å². The average molecular weight is 290 g/mol. The Balaban J connectivity index is 1.87. The molecule has 7 nitrogen and oxygen atoms in total. The van der Waals surface area contributed by atoms with Crippen LogP contribution >= 0.6 is 11.3 Å². The molecule has 2 heterocycles. The first-order valence-electron chi connectivity index (χ1n) is 5.85. The highest BCUT2D eigenvalue weighted by molar-refractivity contribution is 7.22. The molecule has 0 aliphatic heterocycles. The van der Waals surface area contributed by atoms with Gasteiger partial charge in [0, 0.05) is 18.2 Å². The molecule has 0 saturated heterocycles. The van der Waals surface area contributed by atoms with Crippen LogP contribution in [0.4, 0.5) is 10.8 Å². The monoisotopic (exact) mass is 290 g/mol. The first-order chi connectivity index (χ1) is 9.63. The van der Waals surface area contributed by atoms with Crippen LogP contribution in [-0.2, 0) is 0 Å². The summed E-state index contributed by atoms with van der Waals surface area (Å²) in [5.41, 5.74) is 1.57. The molecule has 0 spiro atoms. The van der Waals surface area contributed by atoms with Crippen molar-refractivity contribution in [3.63, 3.8) is 0 Å². The van der Waals surface area contributed by atoms with Gasteiger partial charge in [-0.15, -0.1) is 0 Å². The Kier molecular flexibility index (Phi) is 3.07. The highest BCUT2D eigenvalue weighted by Gasteiger charge is 2.13. The number of nitrogens with zero attached hydrogens (tertiary/aromatic N) is 3. The lowest BCUT2D eigenvalue weighted by Gasteiger charge is -2.08. The van der Waals surface area contributed by atoms with E-state index >= 15 is 0 Å². The molecule has 0 saturated carbocycles. The van der Waals surface area contributed by atoms with Gasteiger partial charge < -0.3 is 9.84 Å². The number of fused-ring (bicyclic) bond motifs is 1. The quantitative estimate of drug-likeness (QED) is 0.584. The van der Waals surface area contributed by atoms with Crippen LogP contribution in [0.5, 0.6) is 0 Å². The largest absolute Gasteiger partial charge is 0.364 e. The van der Waals surface area contributed by atoms with Crippen LogP contribution in [-0.4, -0.2) is 15.1 Å². The standard InChI is InChI=1S/C12H10N4O3S/c1-7(9-4-5-19-15-9)13-12-14-10-3-2-8(16(17)18)6-11(10)20-12/h2-7H,1H3,(H,13,14)/t7-/m1/s1.